The molecule has 0 aliphatic heterocycles. The molecule has 0 saturated carbocycles. The third-order valence-electron chi connectivity index (χ3n) is 2.16. The second kappa shape index (κ2) is 20.5. The van der Waals surface area contributed by atoms with Crippen molar-refractivity contribution in [2.24, 2.45) is 0 Å². The summed E-state index contributed by atoms with van der Waals surface area (Å²) in [4.78, 5) is 2.07. The number of likely N-dealkylation sites (N-methyl/N-ethyl adjacent to an activating group) is 2. The molecule has 0 heterocycles. The Morgan fingerprint density at radius 2 is 1.80 bits per heavy atom. The Balaban J connectivity index is -0.000000656. The average Bonchev–Trinajstić information content (AvgIpc) is 2.48. The van der Waals surface area contributed by atoms with Crippen LogP contribution in [0.15, 0.2) is 23.8 Å². The molecule has 0 bridgehead atoms. The van der Waals surface area contributed by atoms with Crippen LogP contribution in [0.3, 0.4) is 0 Å². The van der Waals surface area contributed by atoms with Crippen molar-refractivity contribution in [3.63, 3.8) is 0 Å². The van der Waals surface area contributed by atoms with Gasteiger partial charge >= 0.3 is 0 Å². The normalized spacial score (nSPS) is 11.2. The number of nitrogens with zero attached hydrogens (tertiary/aromatic N) is 1. The molecular formula is C15H31F3N2. The van der Waals surface area contributed by atoms with Gasteiger partial charge in [-0.15, -0.1) is 0 Å². The van der Waals surface area contributed by atoms with Crippen LogP contribution in [0.2, 0.25) is 0 Å². The van der Waals surface area contributed by atoms with Crippen LogP contribution >= 0.6 is 0 Å². The Kier molecular flexibility index (Phi) is 24.8. The van der Waals surface area contributed by atoms with Gasteiger partial charge in [0.05, 0.1) is 7.18 Å². The minimum atomic E-state index is -2.38. The van der Waals surface area contributed by atoms with Crippen LogP contribution in [0.25, 0.3) is 0 Å². The molecule has 0 saturated heterocycles. The third kappa shape index (κ3) is 17.2. The van der Waals surface area contributed by atoms with Crippen molar-refractivity contribution in [2.75, 3.05) is 40.9 Å². The Bertz CT molecular complexity index is 229. The maximum Gasteiger partial charge on any atom is 0.263 e. The summed E-state index contributed by atoms with van der Waals surface area (Å²) in [5.41, 5.74) is 0.115. The number of alkyl halides is 3. The van der Waals surface area contributed by atoms with E-state index in [1.54, 1.807) is 12.2 Å². The van der Waals surface area contributed by atoms with Gasteiger partial charge < -0.3 is 10.2 Å². The highest BCUT2D eigenvalue weighted by atomic mass is 19.3. The van der Waals surface area contributed by atoms with Crippen molar-refractivity contribution < 1.29 is 13.2 Å². The van der Waals surface area contributed by atoms with Crippen LogP contribution in [-0.2, 0) is 0 Å². The van der Waals surface area contributed by atoms with E-state index in [4.69, 9.17) is 0 Å². The molecule has 0 radical (unpaired) electrons. The Morgan fingerprint density at radius 3 is 2.20 bits per heavy atom. The number of halogens is 3. The SMILES string of the molecule is CC.CC/C=C(\C=C/CN(C)CCNC)C(F)F.CF. The number of hydrogen-bond acceptors (Lipinski definition) is 2. The smallest absolute Gasteiger partial charge is 0.263 e. The van der Waals surface area contributed by atoms with Crippen LogP contribution in [0, 0.1) is 0 Å². The summed E-state index contributed by atoms with van der Waals surface area (Å²) in [6, 6.07) is 0. The molecular weight excluding hydrogens is 265 g/mol. The summed E-state index contributed by atoms with van der Waals surface area (Å²) in [7, 11) is 4.36. The third-order valence-corrected chi connectivity index (χ3v) is 2.16. The predicted molar refractivity (Wildman–Crippen MR) is 83.3 cm³/mol. The van der Waals surface area contributed by atoms with Gasteiger partial charge in [0, 0.05) is 25.2 Å². The summed E-state index contributed by atoms with van der Waals surface area (Å²) in [5, 5.41) is 3.04. The molecule has 0 rings (SSSR count). The van der Waals surface area contributed by atoms with Crippen molar-refractivity contribution in [1.82, 2.24) is 10.2 Å². The zero-order valence-corrected chi connectivity index (χ0v) is 13.7. The largest absolute Gasteiger partial charge is 0.318 e. The molecule has 0 atom stereocenters. The second-order valence-corrected chi connectivity index (χ2v) is 3.68. The first-order valence-electron chi connectivity index (χ1n) is 6.97. The van der Waals surface area contributed by atoms with E-state index >= 15 is 0 Å². The molecule has 0 aromatic heterocycles. The lowest BCUT2D eigenvalue weighted by Crippen LogP contribution is -2.27. The Morgan fingerprint density at radius 1 is 1.25 bits per heavy atom. The van der Waals surface area contributed by atoms with Gasteiger partial charge in [0.25, 0.3) is 6.43 Å². The molecule has 0 unspecified atom stereocenters. The molecule has 0 aliphatic carbocycles. The summed E-state index contributed by atoms with van der Waals surface area (Å²) in [6.45, 7) is 8.35. The van der Waals surface area contributed by atoms with Crippen LogP contribution in [0.1, 0.15) is 27.2 Å². The summed E-state index contributed by atoms with van der Waals surface area (Å²) < 4.78 is 34.4. The summed E-state index contributed by atoms with van der Waals surface area (Å²) >= 11 is 0. The number of rotatable bonds is 8. The van der Waals surface area contributed by atoms with E-state index in [0.29, 0.717) is 20.1 Å². The van der Waals surface area contributed by atoms with Crippen LogP contribution in [-0.4, -0.2) is 52.2 Å². The van der Waals surface area contributed by atoms with Crippen molar-refractivity contribution in [1.29, 1.82) is 0 Å². The van der Waals surface area contributed by atoms with E-state index in [1.807, 2.05) is 34.9 Å². The van der Waals surface area contributed by atoms with E-state index in [9.17, 15) is 13.2 Å². The monoisotopic (exact) mass is 296 g/mol. The van der Waals surface area contributed by atoms with E-state index in [2.05, 4.69) is 10.2 Å². The zero-order valence-electron chi connectivity index (χ0n) is 13.7. The fraction of sp³-hybridized carbons (Fsp3) is 0.733. The second-order valence-electron chi connectivity index (χ2n) is 3.68. The van der Waals surface area contributed by atoms with Gasteiger partial charge in [0.2, 0.25) is 0 Å². The van der Waals surface area contributed by atoms with Crippen molar-refractivity contribution in [3.8, 4) is 0 Å². The number of allylic oxidation sites excluding steroid dienone is 3. The van der Waals surface area contributed by atoms with E-state index in [1.165, 1.54) is 6.08 Å². The van der Waals surface area contributed by atoms with E-state index in [0.717, 1.165) is 13.1 Å². The van der Waals surface area contributed by atoms with Gasteiger partial charge in [0.15, 0.2) is 0 Å². The van der Waals surface area contributed by atoms with Crippen LogP contribution in [0.4, 0.5) is 13.2 Å². The molecule has 0 amide bonds. The maximum atomic E-state index is 12.5. The molecule has 2 nitrogen and oxygen atoms in total. The van der Waals surface area contributed by atoms with Crippen molar-refractivity contribution >= 4 is 0 Å². The number of nitrogens with one attached hydrogen (secondary N) is 1. The lowest BCUT2D eigenvalue weighted by atomic mass is 10.2. The maximum absolute atomic E-state index is 12.5. The Hall–Kier alpha value is -0.810. The zero-order chi connectivity index (χ0) is 16.4. The quantitative estimate of drug-likeness (QED) is 0.683. The molecule has 0 aliphatic rings. The molecule has 0 aromatic rings. The molecule has 20 heavy (non-hydrogen) atoms. The van der Waals surface area contributed by atoms with Gasteiger partial charge in [-0.3, -0.25) is 4.39 Å². The van der Waals surface area contributed by atoms with Crippen LogP contribution < -0.4 is 5.32 Å². The molecule has 5 heteroatoms. The highest BCUT2D eigenvalue weighted by molar-refractivity contribution is 5.21. The first kappa shape index (κ1) is 24.2. The van der Waals surface area contributed by atoms with Gasteiger partial charge in [-0.05, 0) is 20.5 Å². The molecule has 0 fully saturated rings. The fourth-order valence-corrected chi connectivity index (χ4v) is 1.23. The van der Waals surface area contributed by atoms with Crippen molar-refractivity contribution in [2.45, 2.75) is 33.6 Å². The highest BCUT2D eigenvalue weighted by Gasteiger charge is 2.05. The average molecular weight is 296 g/mol. The van der Waals surface area contributed by atoms with E-state index < -0.39 is 6.43 Å². The molecule has 0 spiro atoms. The standard InChI is InChI=1S/C12H22F2N2.C2H6.CH3F/c1-4-6-11(12(13)14)7-5-9-16(3)10-8-15-2;2*1-2/h5-7,12,15H,4,8-10H2,1-3H3;1-2H3;1H3/b7-5-,11-6+;;. The first-order valence-corrected chi connectivity index (χ1v) is 6.97. The van der Waals surface area contributed by atoms with Gasteiger partial charge in [0.1, 0.15) is 0 Å². The van der Waals surface area contributed by atoms with Crippen LogP contribution in [0.5, 0.6) is 0 Å². The highest BCUT2D eigenvalue weighted by Crippen LogP contribution is 2.10. The lowest BCUT2D eigenvalue weighted by Gasteiger charge is -2.13. The van der Waals surface area contributed by atoms with Crippen molar-refractivity contribution in [3.05, 3.63) is 23.8 Å². The fourth-order valence-electron chi connectivity index (χ4n) is 1.23. The number of hydrogen-bond donors (Lipinski definition) is 1. The summed E-state index contributed by atoms with van der Waals surface area (Å²) in [6.07, 6.45) is 3.13. The van der Waals surface area contributed by atoms with Gasteiger partial charge in [-0.25, -0.2) is 8.78 Å². The molecule has 0 aromatic carbocycles. The molecule has 122 valence electrons. The minimum Gasteiger partial charge on any atom is -0.318 e. The van der Waals surface area contributed by atoms with E-state index in [-0.39, 0.29) is 5.57 Å². The van der Waals surface area contributed by atoms with Gasteiger partial charge in [-0.1, -0.05) is 39.0 Å². The van der Waals surface area contributed by atoms with Gasteiger partial charge in [-0.2, -0.15) is 0 Å². The first-order chi connectivity index (χ1) is 9.61. The summed E-state index contributed by atoms with van der Waals surface area (Å²) in [5.74, 6) is 0. The minimum absolute atomic E-state index is 0.115. The Labute approximate surface area is 122 Å². The lowest BCUT2D eigenvalue weighted by molar-refractivity contribution is 0.193. The molecule has 1 N–H and O–H groups in total. The topological polar surface area (TPSA) is 15.3 Å². The predicted octanol–water partition coefficient (Wildman–Crippen LogP) is 3.91.